The number of likely N-dealkylation sites (N-methyl/N-ethyl adjacent to an activating group) is 1. The molecule has 1 aliphatic heterocycles. The van der Waals surface area contributed by atoms with Gasteiger partial charge in [0.25, 0.3) is 0 Å². The van der Waals surface area contributed by atoms with E-state index in [0.717, 1.165) is 25.6 Å². The number of likely N-dealkylation sites (tertiary alicyclic amines) is 1. The average Bonchev–Trinajstić information content (AvgIpc) is 3.15. The first-order chi connectivity index (χ1) is 8.20. The number of nitrogens with one attached hydrogen (secondary N) is 1. The molecule has 2 fully saturated rings. The summed E-state index contributed by atoms with van der Waals surface area (Å²) in [6.07, 6.45) is 4.85. The van der Waals surface area contributed by atoms with Gasteiger partial charge in [0.1, 0.15) is 0 Å². The Morgan fingerprint density at radius 2 is 1.94 bits per heavy atom. The molecule has 2 aliphatic rings. The van der Waals surface area contributed by atoms with Crippen LogP contribution in [-0.2, 0) is 4.79 Å². The maximum atomic E-state index is 12.0. The molecule has 4 nitrogen and oxygen atoms in total. The standard InChI is InChI=1S/C13H25N3O/c1-14-9-11-5-7-16(8-6-11)10-13(17)15(2)12-3-4-12/h11-12,14H,3-10H2,1-2H3. The van der Waals surface area contributed by atoms with Crippen molar-refractivity contribution in [2.24, 2.45) is 5.92 Å². The van der Waals surface area contributed by atoms with Crippen LogP contribution in [-0.4, -0.2) is 62.0 Å². The van der Waals surface area contributed by atoms with Crippen LogP contribution in [0.2, 0.25) is 0 Å². The maximum Gasteiger partial charge on any atom is 0.236 e. The topological polar surface area (TPSA) is 35.6 Å². The highest BCUT2D eigenvalue weighted by atomic mass is 16.2. The minimum Gasteiger partial charge on any atom is -0.342 e. The Balaban J connectivity index is 1.68. The fourth-order valence-corrected chi connectivity index (χ4v) is 2.61. The highest BCUT2D eigenvalue weighted by molar-refractivity contribution is 5.78. The normalized spacial score (nSPS) is 22.7. The highest BCUT2D eigenvalue weighted by Gasteiger charge is 2.30. The summed E-state index contributed by atoms with van der Waals surface area (Å²) < 4.78 is 0. The minimum absolute atomic E-state index is 0.305. The summed E-state index contributed by atoms with van der Waals surface area (Å²) in [5.74, 6) is 1.10. The van der Waals surface area contributed by atoms with Gasteiger partial charge < -0.3 is 10.2 Å². The largest absolute Gasteiger partial charge is 0.342 e. The Hall–Kier alpha value is -0.610. The van der Waals surface area contributed by atoms with E-state index in [1.807, 2.05) is 19.0 Å². The van der Waals surface area contributed by atoms with Crippen molar-refractivity contribution in [3.63, 3.8) is 0 Å². The monoisotopic (exact) mass is 239 g/mol. The molecule has 0 aromatic rings. The van der Waals surface area contributed by atoms with E-state index in [1.54, 1.807) is 0 Å². The third kappa shape index (κ3) is 3.68. The molecular formula is C13H25N3O. The van der Waals surface area contributed by atoms with Gasteiger partial charge in [0.05, 0.1) is 6.54 Å². The summed E-state index contributed by atoms with van der Waals surface area (Å²) in [5, 5.41) is 3.24. The summed E-state index contributed by atoms with van der Waals surface area (Å²) in [4.78, 5) is 16.2. The van der Waals surface area contributed by atoms with Crippen LogP contribution in [0.3, 0.4) is 0 Å². The van der Waals surface area contributed by atoms with E-state index >= 15 is 0 Å². The van der Waals surface area contributed by atoms with E-state index in [1.165, 1.54) is 25.7 Å². The lowest BCUT2D eigenvalue weighted by molar-refractivity contribution is -0.131. The van der Waals surface area contributed by atoms with E-state index in [2.05, 4.69) is 10.2 Å². The number of hydrogen-bond donors (Lipinski definition) is 1. The van der Waals surface area contributed by atoms with Gasteiger partial charge in [-0.25, -0.2) is 0 Å². The zero-order chi connectivity index (χ0) is 12.3. The molecule has 2 rings (SSSR count). The summed E-state index contributed by atoms with van der Waals surface area (Å²) >= 11 is 0. The Morgan fingerprint density at radius 3 is 2.47 bits per heavy atom. The first-order valence-corrected chi connectivity index (χ1v) is 6.83. The Labute approximate surface area is 104 Å². The Bertz CT molecular complexity index is 257. The molecule has 1 saturated carbocycles. The van der Waals surface area contributed by atoms with Crippen LogP contribution in [0.25, 0.3) is 0 Å². The molecule has 1 heterocycles. The third-order valence-corrected chi connectivity index (χ3v) is 4.05. The number of amides is 1. The molecule has 0 unspecified atom stereocenters. The van der Waals surface area contributed by atoms with E-state index in [-0.39, 0.29) is 0 Å². The smallest absolute Gasteiger partial charge is 0.236 e. The number of nitrogens with zero attached hydrogens (tertiary/aromatic N) is 2. The van der Waals surface area contributed by atoms with E-state index in [0.29, 0.717) is 18.5 Å². The van der Waals surface area contributed by atoms with Crippen molar-refractivity contribution in [2.45, 2.75) is 31.7 Å². The summed E-state index contributed by atoms with van der Waals surface area (Å²) in [5.41, 5.74) is 0. The molecule has 0 atom stereocenters. The van der Waals surface area contributed by atoms with Crippen molar-refractivity contribution in [3.8, 4) is 0 Å². The van der Waals surface area contributed by atoms with Crippen LogP contribution in [0.4, 0.5) is 0 Å². The summed E-state index contributed by atoms with van der Waals surface area (Å²) in [7, 11) is 3.97. The maximum absolute atomic E-state index is 12.0. The fraction of sp³-hybridized carbons (Fsp3) is 0.923. The zero-order valence-electron chi connectivity index (χ0n) is 11.1. The molecule has 0 bridgehead atoms. The molecule has 1 amide bonds. The lowest BCUT2D eigenvalue weighted by atomic mass is 9.97. The molecule has 0 radical (unpaired) electrons. The summed E-state index contributed by atoms with van der Waals surface area (Å²) in [6.45, 7) is 3.90. The van der Waals surface area contributed by atoms with Crippen LogP contribution < -0.4 is 5.32 Å². The number of rotatable bonds is 5. The van der Waals surface area contributed by atoms with Crippen LogP contribution in [0.1, 0.15) is 25.7 Å². The van der Waals surface area contributed by atoms with Gasteiger partial charge in [-0.15, -0.1) is 0 Å². The number of piperidine rings is 1. The molecule has 0 aromatic heterocycles. The average molecular weight is 239 g/mol. The SMILES string of the molecule is CNCC1CCN(CC(=O)N(C)C2CC2)CC1. The lowest BCUT2D eigenvalue weighted by Gasteiger charge is -2.32. The van der Waals surface area contributed by atoms with Gasteiger partial charge in [0, 0.05) is 13.1 Å². The third-order valence-electron chi connectivity index (χ3n) is 4.05. The molecular weight excluding hydrogens is 214 g/mol. The second kappa shape index (κ2) is 5.83. The van der Waals surface area contributed by atoms with Gasteiger partial charge in [-0.2, -0.15) is 0 Å². The molecule has 17 heavy (non-hydrogen) atoms. The molecule has 4 heteroatoms. The highest BCUT2D eigenvalue weighted by Crippen LogP contribution is 2.25. The Morgan fingerprint density at radius 1 is 1.29 bits per heavy atom. The number of carbonyl (C=O) groups is 1. The molecule has 0 spiro atoms. The van der Waals surface area contributed by atoms with Crippen LogP contribution in [0, 0.1) is 5.92 Å². The zero-order valence-corrected chi connectivity index (χ0v) is 11.1. The van der Waals surface area contributed by atoms with E-state index in [9.17, 15) is 4.79 Å². The van der Waals surface area contributed by atoms with Crippen molar-refractivity contribution >= 4 is 5.91 Å². The van der Waals surface area contributed by atoms with Gasteiger partial charge in [0.2, 0.25) is 5.91 Å². The fourth-order valence-electron chi connectivity index (χ4n) is 2.61. The quantitative estimate of drug-likeness (QED) is 0.760. The Kier molecular flexibility index (Phi) is 4.40. The van der Waals surface area contributed by atoms with Crippen molar-refractivity contribution in [2.75, 3.05) is 40.3 Å². The minimum atomic E-state index is 0.305. The van der Waals surface area contributed by atoms with Crippen LogP contribution in [0.15, 0.2) is 0 Å². The van der Waals surface area contributed by atoms with Crippen molar-refractivity contribution in [3.05, 3.63) is 0 Å². The predicted molar refractivity (Wildman–Crippen MR) is 68.9 cm³/mol. The van der Waals surface area contributed by atoms with Crippen molar-refractivity contribution in [1.29, 1.82) is 0 Å². The number of carbonyl (C=O) groups excluding carboxylic acids is 1. The van der Waals surface area contributed by atoms with Gasteiger partial charge in [-0.05, 0) is 58.3 Å². The van der Waals surface area contributed by atoms with Gasteiger partial charge in [-0.1, -0.05) is 0 Å². The number of hydrogen-bond acceptors (Lipinski definition) is 3. The second-order valence-corrected chi connectivity index (χ2v) is 5.51. The van der Waals surface area contributed by atoms with Crippen LogP contribution in [0.5, 0.6) is 0 Å². The first-order valence-electron chi connectivity index (χ1n) is 6.83. The second-order valence-electron chi connectivity index (χ2n) is 5.51. The van der Waals surface area contributed by atoms with Crippen molar-refractivity contribution < 1.29 is 4.79 Å². The molecule has 98 valence electrons. The molecule has 1 aliphatic carbocycles. The molecule has 1 N–H and O–H groups in total. The van der Waals surface area contributed by atoms with Gasteiger partial charge >= 0.3 is 0 Å². The molecule has 0 aromatic carbocycles. The van der Waals surface area contributed by atoms with Gasteiger partial charge in [0.15, 0.2) is 0 Å². The van der Waals surface area contributed by atoms with Gasteiger partial charge in [-0.3, -0.25) is 9.69 Å². The van der Waals surface area contributed by atoms with E-state index < -0.39 is 0 Å². The van der Waals surface area contributed by atoms with Crippen molar-refractivity contribution in [1.82, 2.24) is 15.1 Å². The molecule has 1 saturated heterocycles. The summed E-state index contributed by atoms with van der Waals surface area (Å²) in [6, 6.07) is 0.546. The van der Waals surface area contributed by atoms with E-state index in [4.69, 9.17) is 0 Å². The van der Waals surface area contributed by atoms with Crippen LogP contribution >= 0.6 is 0 Å². The predicted octanol–water partition coefficient (Wildman–Crippen LogP) is 0.539. The lowest BCUT2D eigenvalue weighted by Crippen LogP contribution is -2.43. The first kappa shape index (κ1) is 12.8.